The lowest BCUT2D eigenvalue weighted by Crippen LogP contribution is -2.12. The number of H-pyrrole nitrogens is 1. The average Bonchev–Trinajstić information content (AvgIpc) is 3.20. The monoisotopic (exact) mass is 398 g/mol. The molecule has 0 radical (unpaired) electrons. The van der Waals surface area contributed by atoms with Crippen molar-refractivity contribution in [3.05, 3.63) is 56.4 Å². The lowest BCUT2D eigenvalue weighted by molar-refractivity contribution is 0.465. The molecule has 3 heterocycles. The predicted molar refractivity (Wildman–Crippen MR) is 108 cm³/mol. The van der Waals surface area contributed by atoms with Crippen molar-refractivity contribution in [2.24, 2.45) is 0 Å². The Labute approximate surface area is 164 Å². The molecule has 27 heavy (non-hydrogen) atoms. The van der Waals surface area contributed by atoms with Gasteiger partial charge in [-0.1, -0.05) is 29.5 Å². The number of rotatable bonds is 4. The van der Waals surface area contributed by atoms with Gasteiger partial charge >= 0.3 is 0 Å². The molecular weight excluding hydrogens is 380 g/mol. The Bertz CT molecular complexity index is 1170. The van der Waals surface area contributed by atoms with Crippen LogP contribution in [0.1, 0.15) is 34.0 Å². The van der Waals surface area contributed by atoms with Gasteiger partial charge in [-0.15, -0.1) is 21.5 Å². The highest BCUT2D eigenvalue weighted by Gasteiger charge is 2.19. The number of aromatic amines is 1. The van der Waals surface area contributed by atoms with E-state index in [4.69, 9.17) is 4.42 Å². The Morgan fingerprint density at radius 3 is 2.63 bits per heavy atom. The van der Waals surface area contributed by atoms with Crippen molar-refractivity contribution < 1.29 is 4.42 Å². The molecule has 0 aliphatic heterocycles. The maximum atomic E-state index is 12.5. The van der Waals surface area contributed by atoms with Gasteiger partial charge in [0.25, 0.3) is 10.8 Å². The van der Waals surface area contributed by atoms with E-state index >= 15 is 0 Å². The summed E-state index contributed by atoms with van der Waals surface area (Å²) in [7, 11) is 0. The molecule has 1 N–H and O–H groups in total. The first-order valence-electron chi connectivity index (χ1n) is 8.49. The molecule has 0 fully saturated rings. The van der Waals surface area contributed by atoms with E-state index in [1.54, 1.807) is 11.3 Å². The third-order valence-electron chi connectivity index (χ3n) is 4.43. The van der Waals surface area contributed by atoms with E-state index < -0.39 is 0 Å². The van der Waals surface area contributed by atoms with Gasteiger partial charge in [0, 0.05) is 10.4 Å². The molecular formula is C19H18N4O2S2. The second-order valence-electron chi connectivity index (χ2n) is 6.41. The van der Waals surface area contributed by atoms with Crippen LogP contribution in [-0.2, 0) is 0 Å². The highest BCUT2D eigenvalue weighted by atomic mass is 32.2. The molecule has 6 nitrogen and oxygen atoms in total. The van der Waals surface area contributed by atoms with E-state index in [1.807, 2.05) is 52.0 Å². The zero-order chi connectivity index (χ0) is 19.1. The molecule has 0 aliphatic rings. The van der Waals surface area contributed by atoms with E-state index in [2.05, 4.69) is 20.2 Å². The van der Waals surface area contributed by atoms with Gasteiger partial charge in [0.2, 0.25) is 5.89 Å². The number of fused-ring (bicyclic) bond motifs is 1. The molecule has 0 aliphatic carbocycles. The van der Waals surface area contributed by atoms with Gasteiger partial charge in [0.1, 0.15) is 10.7 Å². The van der Waals surface area contributed by atoms with Crippen LogP contribution in [0.4, 0.5) is 0 Å². The van der Waals surface area contributed by atoms with Crippen molar-refractivity contribution in [2.45, 2.75) is 38.2 Å². The highest BCUT2D eigenvalue weighted by Crippen LogP contribution is 2.34. The third kappa shape index (κ3) is 3.42. The average molecular weight is 399 g/mol. The van der Waals surface area contributed by atoms with E-state index in [0.717, 1.165) is 20.8 Å². The summed E-state index contributed by atoms with van der Waals surface area (Å²) in [5, 5.41) is 9.22. The van der Waals surface area contributed by atoms with Crippen LogP contribution in [-0.4, -0.2) is 20.2 Å². The van der Waals surface area contributed by atoms with Gasteiger partial charge in [0.15, 0.2) is 0 Å². The molecule has 1 aromatic carbocycles. The number of hydrogen-bond acceptors (Lipinski definition) is 7. The first kappa shape index (κ1) is 17.9. The van der Waals surface area contributed by atoms with Gasteiger partial charge < -0.3 is 9.40 Å². The SMILES string of the molecule is Cc1ccc(-c2nnc(S[C@H](C)c3nc4sc(C)c(C)c4c(=O)[nH]3)o2)cc1. The van der Waals surface area contributed by atoms with E-state index in [9.17, 15) is 4.79 Å². The number of aromatic nitrogens is 4. The highest BCUT2D eigenvalue weighted by molar-refractivity contribution is 7.99. The van der Waals surface area contributed by atoms with Gasteiger partial charge in [0.05, 0.1) is 10.6 Å². The minimum Gasteiger partial charge on any atom is -0.411 e. The minimum absolute atomic E-state index is 0.102. The first-order valence-corrected chi connectivity index (χ1v) is 10.2. The molecule has 4 rings (SSSR count). The smallest absolute Gasteiger partial charge is 0.277 e. The normalized spacial score (nSPS) is 12.6. The zero-order valence-corrected chi connectivity index (χ0v) is 17.0. The molecule has 3 aromatic heterocycles. The Morgan fingerprint density at radius 2 is 1.89 bits per heavy atom. The number of aryl methyl sites for hydroxylation is 3. The molecule has 1 atom stereocenters. The topological polar surface area (TPSA) is 84.7 Å². The van der Waals surface area contributed by atoms with Crippen molar-refractivity contribution in [2.75, 3.05) is 0 Å². The lowest BCUT2D eigenvalue weighted by atomic mass is 10.1. The number of nitrogens with zero attached hydrogens (tertiary/aromatic N) is 3. The Morgan fingerprint density at radius 1 is 1.15 bits per heavy atom. The van der Waals surface area contributed by atoms with Crippen LogP contribution in [0.15, 0.2) is 38.7 Å². The lowest BCUT2D eigenvalue weighted by Gasteiger charge is -2.07. The van der Waals surface area contributed by atoms with Crippen molar-refractivity contribution >= 4 is 33.3 Å². The summed E-state index contributed by atoms with van der Waals surface area (Å²) in [6.07, 6.45) is 0. The van der Waals surface area contributed by atoms with Crippen LogP contribution in [0.5, 0.6) is 0 Å². The van der Waals surface area contributed by atoms with Crippen molar-refractivity contribution in [1.29, 1.82) is 0 Å². The summed E-state index contributed by atoms with van der Waals surface area (Å²) in [6.45, 7) is 7.94. The van der Waals surface area contributed by atoms with E-state index in [0.29, 0.717) is 22.3 Å². The molecule has 0 unspecified atom stereocenters. The maximum Gasteiger partial charge on any atom is 0.277 e. The summed E-state index contributed by atoms with van der Waals surface area (Å²) in [5.41, 5.74) is 2.95. The summed E-state index contributed by atoms with van der Waals surface area (Å²) in [4.78, 5) is 21.9. The summed E-state index contributed by atoms with van der Waals surface area (Å²) >= 11 is 2.92. The fourth-order valence-electron chi connectivity index (χ4n) is 2.74. The number of benzene rings is 1. The standard InChI is InChI=1S/C19H18N4O2S2/c1-9-5-7-13(8-6-9)17-22-23-19(25-17)27-12(4)15-20-16(24)14-10(2)11(3)26-18(14)21-15/h5-8,12H,1-4H3,(H,20,21,24)/t12-/m1/s1. The number of thioether (sulfide) groups is 1. The summed E-state index contributed by atoms with van der Waals surface area (Å²) in [5.74, 6) is 1.08. The molecule has 0 bridgehead atoms. The quantitative estimate of drug-likeness (QED) is 0.497. The fraction of sp³-hybridized carbons (Fsp3) is 0.263. The first-order chi connectivity index (χ1) is 12.9. The molecule has 0 saturated carbocycles. The predicted octanol–water partition coefficient (Wildman–Crippen LogP) is 4.81. The van der Waals surface area contributed by atoms with Gasteiger partial charge in [-0.2, -0.15) is 0 Å². The second-order valence-corrected chi connectivity index (χ2v) is 8.91. The largest absolute Gasteiger partial charge is 0.411 e. The second kappa shape index (κ2) is 6.94. The Hall–Kier alpha value is -2.45. The fourth-order valence-corrected chi connectivity index (χ4v) is 4.52. The van der Waals surface area contributed by atoms with Gasteiger partial charge in [-0.3, -0.25) is 4.79 Å². The van der Waals surface area contributed by atoms with E-state index in [1.165, 1.54) is 17.3 Å². The van der Waals surface area contributed by atoms with Crippen LogP contribution < -0.4 is 5.56 Å². The Kier molecular flexibility index (Phi) is 4.61. The number of nitrogens with one attached hydrogen (secondary N) is 1. The molecule has 0 saturated heterocycles. The van der Waals surface area contributed by atoms with Crippen molar-refractivity contribution in [3.8, 4) is 11.5 Å². The number of hydrogen-bond donors (Lipinski definition) is 1. The van der Waals surface area contributed by atoms with Crippen LogP contribution in [0, 0.1) is 20.8 Å². The van der Waals surface area contributed by atoms with Crippen LogP contribution in [0.3, 0.4) is 0 Å². The Balaban J connectivity index is 1.59. The molecule has 0 spiro atoms. The van der Waals surface area contributed by atoms with E-state index in [-0.39, 0.29) is 10.8 Å². The molecule has 8 heteroatoms. The molecule has 0 amide bonds. The summed E-state index contributed by atoms with van der Waals surface area (Å²) in [6, 6.07) is 7.91. The van der Waals surface area contributed by atoms with Crippen molar-refractivity contribution in [1.82, 2.24) is 20.2 Å². The zero-order valence-electron chi connectivity index (χ0n) is 15.4. The van der Waals surface area contributed by atoms with Crippen LogP contribution in [0.2, 0.25) is 0 Å². The molecule has 4 aromatic rings. The van der Waals surface area contributed by atoms with Crippen LogP contribution in [0.25, 0.3) is 21.7 Å². The van der Waals surface area contributed by atoms with Crippen LogP contribution >= 0.6 is 23.1 Å². The van der Waals surface area contributed by atoms with Gasteiger partial charge in [-0.25, -0.2) is 4.98 Å². The van der Waals surface area contributed by atoms with Crippen molar-refractivity contribution in [3.63, 3.8) is 0 Å². The molecule has 138 valence electrons. The van der Waals surface area contributed by atoms with Gasteiger partial charge in [-0.05, 0) is 45.4 Å². The number of thiophene rings is 1. The third-order valence-corrected chi connectivity index (χ3v) is 6.47. The minimum atomic E-state index is -0.129. The summed E-state index contributed by atoms with van der Waals surface area (Å²) < 4.78 is 5.77. The maximum absolute atomic E-state index is 12.5.